The first kappa shape index (κ1) is 29.0. The largest absolute Gasteiger partial charge is 0.469 e. The fraction of sp³-hybridized carbons (Fsp3) is 0.680. The first-order valence-corrected chi connectivity index (χ1v) is 12.3. The van der Waals surface area contributed by atoms with Crippen LogP contribution >= 0.6 is 11.6 Å². The van der Waals surface area contributed by atoms with Crippen LogP contribution in [0.1, 0.15) is 72.1 Å². The van der Waals surface area contributed by atoms with Crippen molar-refractivity contribution in [3.05, 3.63) is 23.8 Å². The van der Waals surface area contributed by atoms with Gasteiger partial charge in [-0.15, -0.1) is 0 Å². The van der Waals surface area contributed by atoms with Gasteiger partial charge in [0.1, 0.15) is 17.8 Å². The number of Topliss-reactive ketones (excluding diaryl/α,β-unsaturated/α-hetero) is 1. The van der Waals surface area contributed by atoms with Crippen LogP contribution in [0.2, 0.25) is 0 Å². The van der Waals surface area contributed by atoms with Gasteiger partial charge in [0, 0.05) is 32.3 Å². The summed E-state index contributed by atoms with van der Waals surface area (Å²) in [7, 11) is 1.26. The van der Waals surface area contributed by atoms with Crippen LogP contribution in [0.4, 0.5) is 0 Å². The van der Waals surface area contributed by atoms with Crippen molar-refractivity contribution >= 4 is 35.3 Å². The highest BCUT2D eigenvalue weighted by Gasteiger charge is 2.78. The van der Waals surface area contributed by atoms with Crippen LogP contribution in [-0.4, -0.2) is 64.9 Å². The predicted octanol–water partition coefficient (Wildman–Crippen LogP) is 3.29. The Bertz CT molecular complexity index is 867. The molecular weight excluding hydrogens is 480 g/mol. The topological polar surface area (TPSA) is 129 Å². The Morgan fingerprint density at radius 1 is 1.14 bits per heavy atom. The van der Waals surface area contributed by atoms with Crippen LogP contribution < -0.4 is 0 Å². The van der Waals surface area contributed by atoms with E-state index in [0.29, 0.717) is 0 Å². The molecule has 2 aliphatic rings. The van der Waals surface area contributed by atoms with Gasteiger partial charge in [0.05, 0.1) is 7.11 Å². The van der Waals surface area contributed by atoms with E-state index in [1.807, 2.05) is 6.08 Å². The van der Waals surface area contributed by atoms with Gasteiger partial charge >= 0.3 is 17.9 Å². The molecule has 1 saturated heterocycles. The number of hydrogen-bond donors (Lipinski definition) is 1. The van der Waals surface area contributed by atoms with Crippen molar-refractivity contribution in [3.63, 3.8) is 0 Å². The van der Waals surface area contributed by atoms with Gasteiger partial charge in [-0.3, -0.25) is 19.2 Å². The molecule has 10 heteroatoms. The number of allylic oxidation sites excluding steroid dienone is 1. The fourth-order valence-corrected chi connectivity index (χ4v) is 4.56. The maximum absolute atomic E-state index is 13.0. The minimum atomic E-state index is -1.73. The Hall–Kier alpha value is -2.23. The molecule has 0 bridgehead atoms. The average Bonchev–Trinajstić information content (AvgIpc) is 3.47. The van der Waals surface area contributed by atoms with Crippen molar-refractivity contribution in [1.29, 1.82) is 0 Å². The van der Waals surface area contributed by atoms with Crippen molar-refractivity contribution in [2.45, 2.75) is 101 Å². The Morgan fingerprint density at radius 2 is 1.83 bits per heavy atom. The van der Waals surface area contributed by atoms with Crippen molar-refractivity contribution in [3.8, 4) is 0 Å². The first-order chi connectivity index (χ1) is 16.5. The molecule has 0 aromatic rings. The molecule has 0 spiro atoms. The molecule has 2 rings (SSSR count). The summed E-state index contributed by atoms with van der Waals surface area (Å²) in [5, 5.41) is 9.80. The summed E-state index contributed by atoms with van der Waals surface area (Å²) in [6.07, 6.45) is 6.44. The molecule has 1 saturated carbocycles. The van der Waals surface area contributed by atoms with Crippen LogP contribution in [0.5, 0.6) is 0 Å². The third kappa shape index (κ3) is 7.38. The molecule has 1 heterocycles. The highest BCUT2D eigenvalue weighted by molar-refractivity contribution is 6.41. The zero-order chi connectivity index (χ0) is 26.2. The second-order valence-electron chi connectivity index (χ2n) is 8.84. The molecule has 5 atom stereocenters. The van der Waals surface area contributed by atoms with E-state index in [0.717, 1.165) is 25.7 Å². The van der Waals surface area contributed by atoms with E-state index < -0.39 is 52.7 Å². The van der Waals surface area contributed by atoms with Gasteiger partial charge in [-0.1, -0.05) is 43.5 Å². The van der Waals surface area contributed by atoms with Crippen molar-refractivity contribution in [2.75, 3.05) is 7.11 Å². The number of halogens is 1. The summed E-state index contributed by atoms with van der Waals surface area (Å²) in [5.74, 6) is -2.38. The van der Waals surface area contributed by atoms with E-state index in [2.05, 4.69) is 11.7 Å². The molecule has 196 valence electrons. The summed E-state index contributed by atoms with van der Waals surface area (Å²) in [4.78, 5) is 48.1. The summed E-state index contributed by atoms with van der Waals surface area (Å²) >= 11 is 6.30. The number of methoxy groups -OCH3 is 1. The zero-order valence-corrected chi connectivity index (χ0v) is 21.5. The SMILES string of the molecule is CCCCC/C=C\C[C@]1(O)/C(=C\[C@H](OC(C)=O)[C@H](CCCC(=O)OC)OC(C)=O)C(=O)[C@]2(Cl)O[C@@H]21. The maximum Gasteiger partial charge on any atom is 0.305 e. The molecule has 0 aromatic heterocycles. The van der Waals surface area contributed by atoms with Crippen LogP contribution in [0, 0.1) is 0 Å². The van der Waals surface area contributed by atoms with Crippen LogP contribution in [0.25, 0.3) is 0 Å². The lowest BCUT2D eigenvalue weighted by molar-refractivity contribution is -0.162. The molecule has 1 aliphatic heterocycles. The molecule has 2 fully saturated rings. The molecule has 0 aromatic carbocycles. The number of carbonyl (C=O) groups is 4. The van der Waals surface area contributed by atoms with Crippen molar-refractivity contribution in [1.82, 2.24) is 0 Å². The summed E-state index contributed by atoms with van der Waals surface area (Å²) in [6, 6.07) is 0. The Kier molecular flexibility index (Phi) is 10.5. The predicted molar refractivity (Wildman–Crippen MR) is 126 cm³/mol. The number of unbranched alkanes of at least 4 members (excludes halogenated alkanes) is 3. The summed E-state index contributed by atoms with van der Waals surface area (Å²) in [6.45, 7) is 4.48. The standard InChI is InChI=1S/C25H35ClO9/c1-5-6-7-8-9-10-14-24(31)18(22(30)25(26)23(24)35-25)15-20(34-17(3)28)19(33-16(2)27)12-11-13-21(29)32-4/h9-10,15,19-20,23,31H,5-8,11-14H2,1-4H3/b10-9-,18-15-/t19-,20-,23+,24-,25-/m0/s1. The van der Waals surface area contributed by atoms with E-state index in [1.54, 1.807) is 6.08 Å². The molecular formula is C25H35ClO9. The van der Waals surface area contributed by atoms with Gasteiger partial charge in [0.15, 0.2) is 6.10 Å². The molecule has 1 aliphatic carbocycles. The van der Waals surface area contributed by atoms with Gasteiger partial charge in [0.2, 0.25) is 10.8 Å². The number of ether oxygens (including phenoxy) is 4. The lowest BCUT2D eigenvalue weighted by Gasteiger charge is -2.28. The number of alkyl halides is 1. The van der Waals surface area contributed by atoms with Gasteiger partial charge in [-0.25, -0.2) is 0 Å². The van der Waals surface area contributed by atoms with Gasteiger partial charge in [-0.05, 0) is 31.8 Å². The van der Waals surface area contributed by atoms with E-state index in [1.165, 1.54) is 27.0 Å². The van der Waals surface area contributed by atoms with E-state index in [4.69, 9.17) is 25.8 Å². The Labute approximate surface area is 210 Å². The number of hydrogen-bond acceptors (Lipinski definition) is 9. The highest BCUT2D eigenvalue weighted by Crippen LogP contribution is 2.59. The maximum atomic E-state index is 13.0. The van der Waals surface area contributed by atoms with Gasteiger partial charge in [-0.2, -0.15) is 0 Å². The highest BCUT2D eigenvalue weighted by atomic mass is 35.5. The van der Waals surface area contributed by atoms with E-state index in [-0.39, 0.29) is 31.3 Å². The number of epoxide rings is 1. The number of ketones is 1. The number of carbonyl (C=O) groups excluding carboxylic acids is 4. The number of rotatable bonds is 14. The van der Waals surface area contributed by atoms with Crippen molar-refractivity contribution < 1.29 is 43.2 Å². The summed E-state index contributed by atoms with van der Waals surface area (Å²) in [5.41, 5.74) is -1.79. The minimum Gasteiger partial charge on any atom is -0.469 e. The molecule has 0 unspecified atom stereocenters. The Morgan fingerprint density at radius 3 is 2.43 bits per heavy atom. The third-order valence-electron chi connectivity index (χ3n) is 6.01. The number of aliphatic hydroxyl groups is 1. The number of esters is 3. The Balaban J connectivity index is 2.32. The molecule has 1 N–H and O–H groups in total. The fourth-order valence-electron chi connectivity index (χ4n) is 4.19. The smallest absolute Gasteiger partial charge is 0.305 e. The third-order valence-corrected chi connectivity index (χ3v) is 6.47. The lowest BCUT2D eigenvalue weighted by Crippen LogP contribution is -2.39. The molecule has 0 amide bonds. The quantitative estimate of drug-likeness (QED) is 0.0705. The van der Waals surface area contributed by atoms with Gasteiger partial charge in [0.25, 0.3) is 0 Å². The van der Waals surface area contributed by atoms with Crippen LogP contribution in [-0.2, 0) is 38.1 Å². The lowest BCUT2D eigenvalue weighted by atomic mass is 9.89. The zero-order valence-electron chi connectivity index (χ0n) is 20.7. The second kappa shape index (κ2) is 12.6. The van der Waals surface area contributed by atoms with Gasteiger partial charge < -0.3 is 24.1 Å². The second-order valence-corrected chi connectivity index (χ2v) is 9.40. The minimum absolute atomic E-state index is 0.0571. The van der Waals surface area contributed by atoms with E-state index in [9.17, 15) is 24.3 Å². The normalized spacial score (nSPS) is 28.0. The molecule has 0 radical (unpaired) electrons. The first-order valence-electron chi connectivity index (χ1n) is 11.9. The molecule has 35 heavy (non-hydrogen) atoms. The summed E-state index contributed by atoms with van der Waals surface area (Å²) < 4.78 is 20.7. The van der Waals surface area contributed by atoms with Crippen molar-refractivity contribution in [2.24, 2.45) is 0 Å². The number of fused-ring (bicyclic) bond motifs is 1. The molecule has 9 nitrogen and oxygen atoms in total. The van der Waals surface area contributed by atoms with Crippen LogP contribution in [0.15, 0.2) is 23.8 Å². The van der Waals surface area contributed by atoms with E-state index >= 15 is 0 Å². The monoisotopic (exact) mass is 514 g/mol. The van der Waals surface area contributed by atoms with Crippen LogP contribution in [0.3, 0.4) is 0 Å². The average molecular weight is 515 g/mol.